The number of carbonyl (C=O) groups excluding carboxylic acids is 2. The predicted octanol–water partition coefficient (Wildman–Crippen LogP) is 3.76. The highest BCUT2D eigenvalue weighted by atomic mass is 16.7. The number of benzene rings is 1. The smallest absolute Gasteiger partial charge is 0.369 e. The highest BCUT2D eigenvalue weighted by Crippen LogP contribution is 2.22. The van der Waals surface area contributed by atoms with Gasteiger partial charge in [0.1, 0.15) is 16.8 Å². The molecular formula is C19H18N2O4. The fraction of sp³-hybridized carbons (Fsp3) is 0.263. The van der Waals surface area contributed by atoms with Crippen LogP contribution in [-0.2, 0) is 9.63 Å². The maximum atomic E-state index is 12.4. The van der Waals surface area contributed by atoms with Crippen molar-refractivity contribution in [3.8, 4) is 0 Å². The highest BCUT2D eigenvalue weighted by Gasteiger charge is 2.20. The van der Waals surface area contributed by atoms with Crippen molar-refractivity contribution < 1.29 is 18.8 Å². The maximum Gasteiger partial charge on any atom is 0.369 e. The van der Waals surface area contributed by atoms with E-state index in [4.69, 9.17) is 9.25 Å². The zero-order valence-corrected chi connectivity index (χ0v) is 14.5. The summed E-state index contributed by atoms with van der Waals surface area (Å²) in [6.07, 6.45) is 3.16. The van der Waals surface area contributed by atoms with Crippen LogP contribution in [0.2, 0.25) is 0 Å². The summed E-state index contributed by atoms with van der Waals surface area (Å²) in [6, 6.07) is 5.05. The van der Waals surface area contributed by atoms with Gasteiger partial charge in [-0.1, -0.05) is 25.1 Å². The molecule has 0 unspecified atom stereocenters. The number of carbonyl (C=O) groups is 2. The van der Waals surface area contributed by atoms with Crippen molar-refractivity contribution in [2.24, 2.45) is 11.1 Å². The number of ketones is 1. The number of nitrogens with zero attached hydrogens (tertiary/aromatic N) is 2. The Balaban J connectivity index is 1.89. The third kappa shape index (κ3) is 3.28. The maximum absolute atomic E-state index is 12.4. The molecule has 0 atom stereocenters. The van der Waals surface area contributed by atoms with Gasteiger partial charge >= 0.3 is 5.97 Å². The molecule has 1 aliphatic rings. The first-order chi connectivity index (χ1) is 11.9. The minimum absolute atomic E-state index is 0.0420. The molecule has 0 radical (unpaired) electrons. The van der Waals surface area contributed by atoms with Crippen molar-refractivity contribution in [1.29, 1.82) is 0 Å². The molecular weight excluding hydrogens is 320 g/mol. The Morgan fingerprint density at radius 3 is 2.72 bits per heavy atom. The minimum atomic E-state index is -0.640. The Hall–Kier alpha value is -3.02. The summed E-state index contributed by atoms with van der Waals surface area (Å²) in [4.78, 5) is 33.6. The summed E-state index contributed by atoms with van der Waals surface area (Å²) in [7, 11) is 0. The standard InChI is InChI=1S/C19H18N2O4/c1-10(2)14-9-16(11(3)8-17(14)22)21-25-19(23)13-6-5-7-15-18(13)24-12(4)20-15/h5-10H,1-4H3. The van der Waals surface area contributed by atoms with Gasteiger partial charge in [0, 0.05) is 12.5 Å². The van der Waals surface area contributed by atoms with Crippen LogP contribution in [0.4, 0.5) is 0 Å². The fourth-order valence-electron chi connectivity index (χ4n) is 2.60. The van der Waals surface area contributed by atoms with Crippen molar-refractivity contribution >= 4 is 28.6 Å². The number of hydrogen-bond acceptors (Lipinski definition) is 6. The first-order valence-corrected chi connectivity index (χ1v) is 7.97. The van der Waals surface area contributed by atoms with Crippen LogP contribution in [0, 0.1) is 12.8 Å². The number of rotatable bonds is 3. The molecule has 0 amide bonds. The van der Waals surface area contributed by atoms with E-state index in [1.165, 1.54) is 6.08 Å². The number of aromatic nitrogens is 1. The molecule has 0 bridgehead atoms. The molecule has 2 aromatic rings. The van der Waals surface area contributed by atoms with Crippen LogP contribution >= 0.6 is 0 Å². The van der Waals surface area contributed by atoms with Gasteiger partial charge in [0.15, 0.2) is 17.3 Å². The molecule has 1 aromatic heterocycles. The van der Waals surface area contributed by atoms with E-state index >= 15 is 0 Å². The molecule has 128 valence electrons. The quantitative estimate of drug-likeness (QED) is 0.483. The Bertz CT molecular complexity index is 961. The van der Waals surface area contributed by atoms with Gasteiger partial charge in [-0.15, -0.1) is 0 Å². The summed E-state index contributed by atoms with van der Waals surface area (Å²) >= 11 is 0. The molecule has 6 nitrogen and oxygen atoms in total. The normalized spacial score (nSPS) is 16.4. The zero-order valence-electron chi connectivity index (χ0n) is 14.5. The molecule has 0 aliphatic heterocycles. The molecule has 1 aromatic carbocycles. The average Bonchev–Trinajstić information content (AvgIpc) is 2.93. The lowest BCUT2D eigenvalue weighted by atomic mass is 9.90. The van der Waals surface area contributed by atoms with Crippen LogP contribution in [0.5, 0.6) is 0 Å². The van der Waals surface area contributed by atoms with E-state index in [-0.39, 0.29) is 17.3 Å². The van der Waals surface area contributed by atoms with Crippen LogP contribution in [0.25, 0.3) is 11.1 Å². The molecule has 1 aliphatic carbocycles. The van der Waals surface area contributed by atoms with Crippen LogP contribution in [0.15, 0.2) is 51.1 Å². The Kier molecular flexibility index (Phi) is 4.35. The Morgan fingerprint density at radius 1 is 1.24 bits per heavy atom. The van der Waals surface area contributed by atoms with Gasteiger partial charge in [-0.3, -0.25) is 4.79 Å². The summed E-state index contributed by atoms with van der Waals surface area (Å²) < 4.78 is 5.47. The van der Waals surface area contributed by atoms with Crippen molar-refractivity contribution in [1.82, 2.24) is 4.98 Å². The van der Waals surface area contributed by atoms with Crippen LogP contribution in [0.1, 0.15) is 37.0 Å². The van der Waals surface area contributed by atoms with Crippen LogP contribution in [-0.4, -0.2) is 22.4 Å². The van der Waals surface area contributed by atoms with E-state index in [1.54, 1.807) is 38.1 Å². The van der Waals surface area contributed by atoms with Gasteiger partial charge in [-0.05, 0) is 42.7 Å². The summed E-state index contributed by atoms with van der Waals surface area (Å²) in [5.74, 6) is -0.155. The number of oxime groups is 1. The van der Waals surface area contributed by atoms with E-state index in [0.717, 1.165) is 0 Å². The topological polar surface area (TPSA) is 81.8 Å². The van der Waals surface area contributed by atoms with Gasteiger partial charge in [-0.2, -0.15) is 0 Å². The number of hydrogen-bond donors (Lipinski definition) is 0. The SMILES string of the molecule is CC1=CC(=O)C(C(C)C)=CC1=NOC(=O)c1cccc2nc(C)oc12. The summed E-state index contributed by atoms with van der Waals surface area (Å²) in [5, 5.41) is 3.93. The van der Waals surface area contributed by atoms with Gasteiger partial charge in [0.2, 0.25) is 0 Å². The van der Waals surface area contributed by atoms with E-state index < -0.39 is 5.97 Å². The second-order valence-corrected chi connectivity index (χ2v) is 6.19. The molecule has 1 heterocycles. The molecule has 25 heavy (non-hydrogen) atoms. The van der Waals surface area contributed by atoms with Gasteiger partial charge < -0.3 is 9.25 Å². The number of para-hydroxylation sites is 1. The van der Waals surface area contributed by atoms with Gasteiger partial charge in [-0.25, -0.2) is 9.78 Å². The fourth-order valence-corrected chi connectivity index (χ4v) is 2.60. The lowest BCUT2D eigenvalue weighted by Crippen LogP contribution is -2.16. The highest BCUT2D eigenvalue weighted by molar-refractivity contribution is 6.21. The second kappa shape index (κ2) is 6.47. The molecule has 0 N–H and O–H groups in total. The third-order valence-corrected chi connectivity index (χ3v) is 3.92. The third-order valence-electron chi connectivity index (χ3n) is 3.92. The molecule has 0 saturated carbocycles. The van der Waals surface area contributed by atoms with E-state index in [0.29, 0.717) is 33.8 Å². The first kappa shape index (κ1) is 16.8. The predicted molar refractivity (Wildman–Crippen MR) is 93.3 cm³/mol. The Morgan fingerprint density at radius 2 is 2.00 bits per heavy atom. The molecule has 0 saturated heterocycles. The monoisotopic (exact) mass is 338 g/mol. The van der Waals surface area contributed by atoms with E-state index in [2.05, 4.69) is 10.1 Å². The van der Waals surface area contributed by atoms with Crippen molar-refractivity contribution in [2.75, 3.05) is 0 Å². The molecule has 0 fully saturated rings. The van der Waals surface area contributed by atoms with Crippen molar-refractivity contribution in [3.05, 3.63) is 53.0 Å². The van der Waals surface area contributed by atoms with Crippen molar-refractivity contribution in [3.63, 3.8) is 0 Å². The van der Waals surface area contributed by atoms with Crippen LogP contribution < -0.4 is 0 Å². The average molecular weight is 338 g/mol. The number of allylic oxidation sites excluding steroid dienone is 4. The lowest BCUT2D eigenvalue weighted by molar-refractivity contribution is -0.111. The van der Waals surface area contributed by atoms with Crippen molar-refractivity contribution in [2.45, 2.75) is 27.7 Å². The Labute approximate surface area is 144 Å². The first-order valence-electron chi connectivity index (χ1n) is 7.97. The summed E-state index contributed by atoms with van der Waals surface area (Å²) in [6.45, 7) is 7.31. The van der Waals surface area contributed by atoms with E-state index in [9.17, 15) is 9.59 Å². The number of fused-ring (bicyclic) bond motifs is 1. The molecule has 0 spiro atoms. The summed E-state index contributed by atoms with van der Waals surface area (Å²) in [5.41, 5.74) is 2.95. The number of oxazole rings is 1. The minimum Gasteiger partial charge on any atom is -0.440 e. The lowest BCUT2D eigenvalue weighted by Gasteiger charge is -2.14. The molecule has 3 rings (SSSR count). The van der Waals surface area contributed by atoms with Gasteiger partial charge in [0.25, 0.3) is 0 Å². The largest absolute Gasteiger partial charge is 0.440 e. The zero-order chi connectivity index (χ0) is 18.1. The number of aryl methyl sites for hydroxylation is 1. The van der Waals surface area contributed by atoms with Crippen LogP contribution in [0.3, 0.4) is 0 Å². The second-order valence-electron chi connectivity index (χ2n) is 6.19. The van der Waals surface area contributed by atoms with E-state index in [1.807, 2.05) is 13.8 Å². The van der Waals surface area contributed by atoms with Gasteiger partial charge in [0.05, 0.1) is 0 Å². The molecule has 6 heteroatoms.